The Morgan fingerprint density at radius 2 is 1.15 bits per heavy atom. The predicted octanol–water partition coefficient (Wildman–Crippen LogP) is 1.76. The van der Waals surface area contributed by atoms with Gasteiger partial charge in [-0.1, -0.05) is 24.8 Å². The van der Waals surface area contributed by atoms with Crippen molar-refractivity contribution in [1.82, 2.24) is 9.97 Å². The molecular formula is C10H8AuN2+. The van der Waals surface area contributed by atoms with Gasteiger partial charge < -0.3 is 9.97 Å². The molecule has 0 aliphatic heterocycles. The molecule has 0 saturated heterocycles. The molecule has 0 N–H and O–H groups in total. The predicted molar refractivity (Wildman–Crippen MR) is 46.1 cm³/mol. The number of hydrogen-bond donors (Lipinski definition) is 0. The van der Waals surface area contributed by atoms with Gasteiger partial charge >= 0.3 is 22.4 Å². The first-order chi connectivity index (χ1) is 6.00. The van der Waals surface area contributed by atoms with Gasteiger partial charge in [-0.3, -0.25) is 0 Å². The standard InChI is InChI=1S/2C5H4N.Au/c2*1-2-4-6-5-3-1;/h2*1-4H;/q2*-1;+3. The van der Waals surface area contributed by atoms with Gasteiger partial charge in [-0.15, -0.1) is 0 Å². The third-order valence-electron chi connectivity index (χ3n) is 1.03. The number of aromatic nitrogens is 2. The van der Waals surface area contributed by atoms with E-state index in [-0.39, 0.29) is 22.4 Å². The van der Waals surface area contributed by atoms with Crippen LogP contribution in [0.4, 0.5) is 0 Å². The SMILES string of the molecule is [Au+3].[c-]1ccccn1.[c-]1ccccn1. The van der Waals surface area contributed by atoms with E-state index < -0.39 is 0 Å². The minimum atomic E-state index is 0. The molecule has 0 amide bonds. The second-order valence-corrected chi connectivity index (χ2v) is 1.92. The van der Waals surface area contributed by atoms with E-state index >= 15 is 0 Å². The fraction of sp³-hybridized carbons (Fsp3) is 0. The molecule has 3 heteroatoms. The van der Waals surface area contributed by atoms with E-state index in [4.69, 9.17) is 0 Å². The summed E-state index contributed by atoms with van der Waals surface area (Å²) in [7, 11) is 0. The van der Waals surface area contributed by atoms with Gasteiger partial charge in [0.2, 0.25) is 0 Å². The van der Waals surface area contributed by atoms with Crippen LogP contribution >= 0.6 is 0 Å². The van der Waals surface area contributed by atoms with Crippen molar-refractivity contribution in [3.8, 4) is 0 Å². The Morgan fingerprint density at radius 1 is 0.692 bits per heavy atom. The van der Waals surface area contributed by atoms with E-state index in [2.05, 4.69) is 22.4 Å². The van der Waals surface area contributed by atoms with Crippen molar-refractivity contribution >= 4 is 0 Å². The van der Waals surface area contributed by atoms with Crippen molar-refractivity contribution in [3.05, 3.63) is 61.2 Å². The Kier molecular flexibility index (Phi) is 8.46. The van der Waals surface area contributed by atoms with Crippen LogP contribution in [0.5, 0.6) is 0 Å². The van der Waals surface area contributed by atoms with Crippen LogP contribution in [-0.4, -0.2) is 9.97 Å². The zero-order chi connectivity index (χ0) is 8.49. The van der Waals surface area contributed by atoms with Crippen LogP contribution in [0.3, 0.4) is 0 Å². The number of hydrogen-bond acceptors (Lipinski definition) is 2. The van der Waals surface area contributed by atoms with Gasteiger partial charge in [0.1, 0.15) is 0 Å². The smallest absolute Gasteiger partial charge is 0.394 e. The summed E-state index contributed by atoms with van der Waals surface area (Å²) in [4.78, 5) is 7.32. The van der Waals surface area contributed by atoms with Crippen LogP contribution in [-0.2, 0) is 22.4 Å². The van der Waals surface area contributed by atoms with E-state index in [0.29, 0.717) is 0 Å². The molecule has 13 heavy (non-hydrogen) atoms. The molecule has 0 saturated carbocycles. The molecule has 0 aliphatic rings. The Balaban J connectivity index is 0.000000206. The Hall–Kier alpha value is -0.960. The average Bonchev–Trinajstić information content (AvgIpc) is 2.24. The third kappa shape index (κ3) is 7.40. The summed E-state index contributed by atoms with van der Waals surface area (Å²) in [5.41, 5.74) is 0. The summed E-state index contributed by atoms with van der Waals surface area (Å²) >= 11 is 0. The third-order valence-corrected chi connectivity index (χ3v) is 1.03. The van der Waals surface area contributed by atoms with Crippen molar-refractivity contribution in [2.75, 3.05) is 0 Å². The molecule has 0 aliphatic carbocycles. The number of pyridine rings is 2. The molecule has 2 nitrogen and oxygen atoms in total. The molecule has 2 aromatic heterocycles. The molecule has 2 rings (SSSR count). The van der Waals surface area contributed by atoms with Crippen molar-refractivity contribution in [2.45, 2.75) is 0 Å². The first-order valence-corrected chi connectivity index (χ1v) is 3.54. The molecule has 0 aromatic carbocycles. The molecule has 0 radical (unpaired) electrons. The minimum absolute atomic E-state index is 0. The second-order valence-electron chi connectivity index (χ2n) is 1.92. The molecular weight excluding hydrogens is 345 g/mol. The summed E-state index contributed by atoms with van der Waals surface area (Å²) in [5.74, 6) is 0. The maximum Gasteiger partial charge on any atom is 3.00 e. The minimum Gasteiger partial charge on any atom is -0.394 e. The van der Waals surface area contributed by atoms with Gasteiger partial charge in [0.05, 0.1) is 0 Å². The van der Waals surface area contributed by atoms with Gasteiger partial charge in [-0.05, 0) is 0 Å². The van der Waals surface area contributed by atoms with E-state index in [9.17, 15) is 0 Å². The summed E-state index contributed by atoms with van der Waals surface area (Å²) in [6.45, 7) is 0. The molecule has 0 fully saturated rings. The maximum absolute atomic E-state index is 3.66. The number of nitrogens with zero attached hydrogens (tertiary/aromatic N) is 2. The number of rotatable bonds is 0. The summed E-state index contributed by atoms with van der Waals surface area (Å²) in [6, 6.07) is 11.0. The van der Waals surface area contributed by atoms with Gasteiger partial charge in [0, 0.05) is 0 Å². The van der Waals surface area contributed by atoms with Crippen molar-refractivity contribution in [2.24, 2.45) is 0 Å². The second kappa shape index (κ2) is 9.13. The van der Waals surface area contributed by atoms with Crippen LogP contribution in [0.1, 0.15) is 0 Å². The van der Waals surface area contributed by atoms with Gasteiger partial charge in [-0.2, -0.15) is 36.4 Å². The molecule has 68 valence electrons. The topological polar surface area (TPSA) is 25.8 Å². The van der Waals surface area contributed by atoms with Crippen LogP contribution in [0.25, 0.3) is 0 Å². The molecule has 2 aromatic rings. The maximum atomic E-state index is 3.66. The van der Waals surface area contributed by atoms with Crippen LogP contribution in [0.2, 0.25) is 0 Å². The Bertz CT molecular complexity index is 188. The van der Waals surface area contributed by atoms with Crippen molar-refractivity contribution in [3.63, 3.8) is 0 Å². The zero-order valence-electron chi connectivity index (χ0n) is 6.81. The average molecular weight is 353 g/mol. The van der Waals surface area contributed by atoms with Crippen molar-refractivity contribution in [1.29, 1.82) is 0 Å². The molecule has 0 unspecified atom stereocenters. The van der Waals surface area contributed by atoms with E-state index in [1.165, 1.54) is 0 Å². The van der Waals surface area contributed by atoms with Crippen molar-refractivity contribution < 1.29 is 22.4 Å². The summed E-state index contributed by atoms with van der Waals surface area (Å²) in [6.07, 6.45) is 8.67. The van der Waals surface area contributed by atoms with E-state index in [0.717, 1.165) is 0 Å². The largest absolute Gasteiger partial charge is 3.00 e. The molecule has 2 heterocycles. The fourth-order valence-electron chi connectivity index (χ4n) is 0.555. The summed E-state index contributed by atoms with van der Waals surface area (Å²) < 4.78 is 0. The van der Waals surface area contributed by atoms with E-state index in [1.807, 2.05) is 24.3 Å². The first-order valence-electron chi connectivity index (χ1n) is 3.54. The van der Waals surface area contributed by atoms with Gasteiger partial charge in [-0.25, -0.2) is 0 Å². The normalized spacial score (nSPS) is 7.38. The van der Waals surface area contributed by atoms with Crippen LogP contribution in [0.15, 0.2) is 48.8 Å². The van der Waals surface area contributed by atoms with Gasteiger partial charge in [0.15, 0.2) is 0 Å². The Labute approximate surface area is 93.6 Å². The first kappa shape index (κ1) is 12.0. The van der Waals surface area contributed by atoms with Crippen LogP contribution < -0.4 is 0 Å². The van der Waals surface area contributed by atoms with E-state index in [1.54, 1.807) is 24.5 Å². The Morgan fingerprint density at radius 3 is 1.23 bits per heavy atom. The zero-order valence-corrected chi connectivity index (χ0v) is 8.98. The monoisotopic (exact) mass is 353 g/mol. The summed E-state index contributed by atoms with van der Waals surface area (Å²) in [5, 5.41) is 0. The fourth-order valence-corrected chi connectivity index (χ4v) is 0.555. The quantitative estimate of drug-likeness (QED) is 0.533. The van der Waals surface area contributed by atoms with Crippen LogP contribution in [0, 0.1) is 12.4 Å². The molecule has 0 atom stereocenters. The van der Waals surface area contributed by atoms with Gasteiger partial charge in [0.25, 0.3) is 0 Å². The molecule has 0 bridgehead atoms. The molecule has 0 spiro atoms.